The molecule has 0 aliphatic rings. The van der Waals surface area contributed by atoms with Crippen LogP contribution in [0.3, 0.4) is 0 Å². The van der Waals surface area contributed by atoms with Crippen molar-refractivity contribution < 1.29 is 14.7 Å². The van der Waals surface area contributed by atoms with Crippen molar-refractivity contribution in [3.05, 3.63) is 29.1 Å². The number of hydrogen-bond acceptors (Lipinski definition) is 5. The average molecular weight is 348 g/mol. The molecule has 2 aromatic rings. The minimum absolute atomic E-state index is 0.241. The number of aryl methyl sites for hydroxylation is 1. The van der Waals surface area contributed by atoms with Gasteiger partial charge in [-0.3, -0.25) is 19.4 Å². The van der Waals surface area contributed by atoms with Crippen LogP contribution >= 0.6 is 0 Å². The van der Waals surface area contributed by atoms with Gasteiger partial charge in [0.1, 0.15) is 17.9 Å². The smallest absolute Gasteiger partial charge is 0.311 e. The first-order chi connectivity index (χ1) is 11.8. The lowest BCUT2D eigenvalue weighted by atomic mass is 10.1. The number of H-pyrrole nitrogens is 1. The third kappa shape index (κ3) is 4.88. The van der Waals surface area contributed by atoms with E-state index in [1.54, 1.807) is 17.7 Å². The molecule has 0 saturated carbocycles. The molecule has 0 fully saturated rings. The number of carboxylic acid groups (broad SMARTS) is 1. The maximum absolute atomic E-state index is 12.6. The molecule has 1 amide bonds. The van der Waals surface area contributed by atoms with Gasteiger partial charge in [-0.1, -0.05) is 13.8 Å². The Balaban J connectivity index is 2.09. The van der Waals surface area contributed by atoms with Gasteiger partial charge >= 0.3 is 5.97 Å². The molecule has 0 bridgehead atoms. The van der Waals surface area contributed by atoms with Crippen molar-refractivity contribution in [2.75, 3.05) is 0 Å². The highest BCUT2D eigenvalue weighted by molar-refractivity contribution is 5.92. The van der Waals surface area contributed by atoms with Gasteiger partial charge < -0.3 is 10.4 Å². The molecule has 2 heterocycles. The first-order valence-electron chi connectivity index (χ1n) is 8.30. The fourth-order valence-corrected chi connectivity index (χ4v) is 2.47. The van der Waals surface area contributed by atoms with Gasteiger partial charge in [0, 0.05) is 6.54 Å². The van der Waals surface area contributed by atoms with Crippen LogP contribution in [0.2, 0.25) is 0 Å². The summed E-state index contributed by atoms with van der Waals surface area (Å²) < 4.78 is 1.67. The van der Waals surface area contributed by atoms with Crippen LogP contribution < -0.4 is 5.32 Å². The van der Waals surface area contributed by atoms with Crippen LogP contribution in [0.15, 0.2) is 6.07 Å². The number of carbonyl (C=O) groups is 2. The Kier molecular flexibility index (Phi) is 5.89. The molecule has 3 N–H and O–H groups in total. The molecule has 0 aromatic carbocycles. The molecular weight excluding hydrogens is 324 g/mol. The minimum Gasteiger partial charge on any atom is -0.481 e. The van der Waals surface area contributed by atoms with Crippen LogP contribution in [-0.4, -0.2) is 41.9 Å². The number of nitrogens with zero attached hydrogens (tertiary/aromatic N) is 4. The zero-order chi connectivity index (χ0) is 18.6. The fraction of sp³-hybridized carbons (Fsp3) is 0.562. The highest BCUT2D eigenvalue weighted by atomic mass is 16.4. The number of rotatable bonds is 8. The summed E-state index contributed by atoms with van der Waals surface area (Å²) in [7, 11) is 0. The zero-order valence-electron chi connectivity index (χ0n) is 14.9. The Bertz CT molecular complexity index is 749. The Morgan fingerprint density at radius 3 is 2.68 bits per heavy atom. The van der Waals surface area contributed by atoms with Crippen molar-refractivity contribution in [3.8, 4) is 0 Å². The van der Waals surface area contributed by atoms with E-state index in [0.29, 0.717) is 24.0 Å². The molecule has 9 nitrogen and oxygen atoms in total. The van der Waals surface area contributed by atoms with Gasteiger partial charge in [0.25, 0.3) is 5.91 Å². The summed E-state index contributed by atoms with van der Waals surface area (Å²) in [5.74, 6) is -0.211. The molecule has 0 aliphatic carbocycles. The van der Waals surface area contributed by atoms with Gasteiger partial charge in [-0.15, -0.1) is 0 Å². The summed E-state index contributed by atoms with van der Waals surface area (Å²) in [5.41, 5.74) is 1.38. The monoisotopic (exact) mass is 348 g/mol. The molecule has 0 saturated heterocycles. The largest absolute Gasteiger partial charge is 0.481 e. The number of aromatic amines is 1. The van der Waals surface area contributed by atoms with Crippen molar-refractivity contribution in [2.45, 2.75) is 53.1 Å². The van der Waals surface area contributed by atoms with Crippen molar-refractivity contribution in [3.63, 3.8) is 0 Å². The average Bonchev–Trinajstić information content (AvgIpc) is 3.12. The van der Waals surface area contributed by atoms with E-state index in [9.17, 15) is 9.59 Å². The summed E-state index contributed by atoms with van der Waals surface area (Å²) in [4.78, 5) is 27.4. The summed E-state index contributed by atoms with van der Waals surface area (Å²) in [6.07, 6.45) is 0.567. The van der Waals surface area contributed by atoms with E-state index < -0.39 is 12.0 Å². The van der Waals surface area contributed by atoms with E-state index in [1.807, 2.05) is 6.92 Å². The van der Waals surface area contributed by atoms with Crippen LogP contribution in [0.5, 0.6) is 0 Å². The molecule has 9 heteroatoms. The van der Waals surface area contributed by atoms with Crippen LogP contribution in [-0.2, 0) is 24.2 Å². The van der Waals surface area contributed by atoms with Gasteiger partial charge in [-0.05, 0) is 32.3 Å². The van der Waals surface area contributed by atoms with Crippen LogP contribution in [0.4, 0.5) is 0 Å². The van der Waals surface area contributed by atoms with Gasteiger partial charge in [-0.25, -0.2) is 4.98 Å². The first-order valence-corrected chi connectivity index (χ1v) is 8.30. The highest BCUT2D eigenvalue weighted by Crippen LogP contribution is 2.13. The van der Waals surface area contributed by atoms with E-state index in [4.69, 9.17) is 5.11 Å². The fourth-order valence-electron chi connectivity index (χ4n) is 2.47. The van der Waals surface area contributed by atoms with Gasteiger partial charge in [0.15, 0.2) is 5.82 Å². The van der Waals surface area contributed by atoms with Crippen molar-refractivity contribution in [2.24, 2.45) is 5.92 Å². The molecule has 2 rings (SSSR count). The third-order valence-electron chi connectivity index (χ3n) is 3.58. The molecule has 2 aromatic heterocycles. The summed E-state index contributed by atoms with van der Waals surface area (Å²) in [5, 5.41) is 22.6. The second kappa shape index (κ2) is 7.91. The van der Waals surface area contributed by atoms with Crippen molar-refractivity contribution in [1.82, 2.24) is 30.3 Å². The summed E-state index contributed by atoms with van der Waals surface area (Å²) >= 11 is 0. The molecule has 0 aliphatic heterocycles. The molecule has 25 heavy (non-hydrogen) atoms. The molecule has 0 radical (unpaired) electrons. The van der Waals surface area contributed by atoms with Gasteiger partial charge in [0.05, 0.1) is 11.7 Å². The number of hydrogen-bond donors (Lipinski definition) is 3. The van der Waals surface area contributed by atoms with Crippen molar-refractivity contribution >= 4 is 11.9 Å². The SMILES string of the molecule is CCn1nc(CC(C)C)cc1C(=O)NC(C)c1n[nH]c(CC(=O)O)n1. The molecule has 1 unspecified atom stereocenters. The lowest BCUT2D eigenvalue weighted by molar-refractivity contribution is -0.136. The molecule has 1 atom stereocenters. The molecule has 136 valence electrons. The standard InChI is InChI=1S/C16H24N6O3/c1-5-22-12(7-11(21-22)6-9(2)3)16(25)17-10(4)15-18-13(19-20-15)8-14(23)24/h7,9-10H,5-6,8H2,1-4H3,(H,17,25)(H,23,24)(H,18,19,20). The number of amides is 1. The predicted octanol–water partition coefficient (Wildman–Crippen LogP) is 1.34. The second-order valence-electron chi connectivity index (χ2n) is 6.34. The number of carboxylic acids is 1. The number of carbonyl (C=O) groups excluding carboxylic acids is 1. The normalized spacial score (nSPS) is 12.4. The lowest BCUT2D eigenvalue weighted by Crippen LogP contribution is -2.29. The number of aromatic nitrogens is 5. The maximum atomic E-state index is 12.6. The van der Waals surface area contributed by atoms with Gasteiger partial charge in [0.2, 0.25) is 0 Å². The summed E-state index contributed by atoms with van der Waals surface area (Å²) in [6, 6.07) is 1.35. The molecule has 0 spiro atoms. The Hall–Kier alpha value is -2.71. The maximum Gasteiger partial charge on any atom is 0.311 e. The van der Waals surface area contributed by atoms with E-state index >= 15 is 0 Å². The van der Waals surface area contributed by atoms with Crippen LogP contribution in [0.25, 0.3) is 0 Å². The number of aliphatic carboxylic acids is 1. The predicted molar refractivity (Wildman–Crippen MR) is 90.0 cm³/mol. The van der Waals surface area contributed by atoms with Crippen molar-refractivity contribution in [1.29, 1.82) is 0 Å². The Labute approximate surface area is 145 Å². The Morgan fingerprint density at radius 1 is 1.36 bits per heavy atom. The van der Waals surface area contributed by atoms with Crippen LogP contribution in [0, 0.1) is 5.92 Å². The highest BCUT2D eigenvalue weighted by Gasteiger charge is 2.20. The molecular formula is C16H24N6O3. The van der Waals surface area contributed by atoms with E-state index in [-0.39, 0.29) is 18.2 Å². The first kappa shape index (κ1) is 18.6. The van der Waals surface area contributed by atoms with E-state index in [1.165, 1.54) is 0 Å². The third-order valence-corrected chi connectivity index (χ3v) is 3.58. The summed E-state index contributed by atoms with van der Waals surface area (Å²) in [6.45, 7) is 8.47. The van der Waals surface area contributed by atoms with E-state index in [2.05, 4.69) is 39.4 Å². The number of nitrogens with one attached hydrogen (secondary N) is 2. The van der Waals surface area contributed by atoms with Crippen LogP contribution in [0.1, 0.15) is 61.6 Å². The second-order valence-corrected chi connectivity index (χ2v) is 6.34. The minimum atomic E-state index is -0.996. The van der Waals surface area contributed by atoms with E-state index in [0.717, 1.165) is 12.1 Å². The lowest BCUT2D eigenvalue weighted by Gasteiger charge is -2.11. The van der Waals surface area contributed by atoms with Gasteiger partial charge in [-0.2, -0.15) is 10.2 Å². The topological polar surface area (TPSA) is 126 Å². The zero-order valence-corrected chi connectivity index (χ0v) is 14.9. The Morgan fingerprint density at radius 2 is 2.08 bits per heavy atom. The quantitative estimate of drug-likeness (QED) is 0.661.